The zero-order chi connectivity index (χ0) is 15.5. The van der Waals surface area contributed by atoms with Crippen LogP contribution in [0.4, 0.5) is 0 Å². The molecule has 2 aromatic heterocycles. The number of hydrogen-bond donors (Lipinski definition) is 1. The maximum Gasteiger partial charge on any atom is 0.264 e. The lowest BCUT2D eigenvalue weighted by molar-refractivity contribution is -0.00494. The normalized spacial score (nSPS) is 18.9. The van der Waals surface area contributed by atoms with Gasteiger partial charge in [0.15, 0.2) is 5.82 Å². The molecule has 1 aliphatic rings. The van der Waals surface area contributed by atoms with E-state index in [1.165, 1.54) is 4.88 Å². The summed E-state index contributed by atoms with van der Waals surface area (Å²) >= 11 is 1.57. The maximum atomic E-state index is 12.8. The lowest BCUT2D eigenvalue weighted by Gasteiger charge is -2.33. The summed E-state index contributed by atoms with van der Waals surface area (Å²) in [6, 6.07) is 3.67. The van der Waals surface area contributed by atoms with Gasteiger partial charge in [0.1, 0.15) is 6.04 Å². The second kappa shape index (κ2) is 6.53. The van der Waals surface area contributed by atoms with Gasteiger partial charge in [-0.25, -0.2) is 0 Å². The smallest absolute Gasteiger partial charge is 0.264 e. The third-order valence-corrected chi connectivity index (χ3v) is 4.63. The molecule has 0 saturated carbocycles. The fourth-order valence-electron chi connectivity index (χ4n) is 2.52. The number of ether oxygens (including phenoxy) is 1. The molecule has 0 aromatic carbocycles. The zero-order valence-electron chi connectivity index (χ0n) is 12.7. The summed E-state index contributed by atoms with van der Waals surface area (Å²) in [6.45, 7) is 5.82. The van der Waals surface area contributed by atoms with Gasteiger partial charge in [-0.15, -0.1) is 21.5 Å². The molecule has 0 radical (unpaired) electrons. The van der Waals surface area contributed by atoms with E-state index in [2.05, 4.69) is 34.5 Å². The minimum Gasteiger partial charge on any atom is -0.377 e. The molecule has 3 rings (SSSR count). The molecule has 0 spiro atoms. The van der Waals surface area contributed by atoms with Crippen molar-refractivity contribution in [1.29, 1.82) is 0 Å². The van der Waals surface area contributed by atoms with Gasteiger partial charge in [-0.05, 0) is 24.5 Å². The number of morpholine rings is 1. The second-order valence-electron chi connectivity index (χ2n) is 5.72. The van der Waals surface area contributed by atoms with E-state index in [-0.39, 0.29) is 11.9 Å². The molecule has 0 bridgehead atoms. The number of thiophene rings is 1. The summed E-state index contributed by atoms with van der Waals surface area (Å²) in [4.78, 5) is 16.6. The van der Waals surface area contributed by atoms with E-state index in [0.717, 1.165) is 11.3 Å². The van der Waals surface area contributed by atoms with Gasteiger partial charge in [0, 0.05) is 11.4 Å². The van der Waals surface area contributed by atoms with Crippen molar-refractivity contribution in [3.63, 3.8) is 0 Å². The summed E-state index contributed by atoms with van der Waals surface area (Å²) in [5, 5.41) is 14.0. The van der Waals surface area contributed by atoms with Crippen molar-refractivity contribution in [3.8, 4) is 0 Å². The summed E-state index contributed by atoms with van der Waals surface area (Å²) in [6.07, 6.45) is 0.995. The number of carbonyl (C=O) groups excluding carboxylic acids is 1. The molecule has 0 aliphatic carbocycles. The van der Waals surface area contributed by atoms with Gasteiger partial charge in [-0.1, -0.05) is 19.1 Å². The Morgan fingerprint density at radius 1 is 1.55 bits per heavy atom. The highest BCUT2D eigenvalue weighted by molar-refractivity contribution is 7.14. The van der Waals surface area contributed by atoms with Gasteiger partial charge >= 0.3 is 0 Å². The van der Waals surface area contributed by atoms with E-state index >= 15 is 0 Å². The van der Waals surface area contributed by atoms with Crippen LogP contribution in [0, 0.1) is 5.92 Å². The second-order valence-corrected chi connectivity index (χ2v) is 6.89. The van der Waals surface area contributed by atoms with Crippen LogP contribution in [-0.4, -0.2) is 51.2 Å². The molecule has 7 nitrogen and oxygen atoms in total. The van der Waals surface area contributed by atoms with Crippen LogP contribution in [0.2, 0.25) is 0 Å². The van der Waals surface area contributed by atoms with Gasteiger partial charge in [-0.3, -0.25) is 4.79 Å². The Hall–Kier alpha value is -1.80. The molecule has 1 unspecified atom stereocenters. The van der Waals surface area contributed by atoms with Gasteiger partial charge in [0.2, 0.25) is 0 Å². The highest BCUT2D eigenvalue weighted by Gasteiger charge is 2.32. The third kappa shape index (κ3) is 3.17. The lowest BCUT2D eigenvalue weighted by atomic mass is 10.1. The molecule has 118 valence electrons. The first-order valence-electron chi connectivity index (χ1n) is 7.36. The molecule has 22 heavy (non-hydrogen) atoms. The Balaban J connectivity index is 1.78. The molecule has 1 fully saturated rings. The van der Waals surface area contributed by atoms with E-state index in [1.807, 2.05) is 12.1 Å². The van der Waals surface area contributed by atoms with Gasteiger partial charge in [0.25, 0.3) is 5.91 Å². The Morgan fingerprint density at radius 3 is 3.14 bits per heavy atom. The molecule has 1 atom stereocenters. The minimum absolute atomic E-state index is 0.0121. The van der Waals surface area contributed by atoms with Gasteiger partial charge < -0.3 is 9.64 Å². The van der Waals surface area contributed by atoms with Gasteiger partial charge in [0.05, 0.1) is 18.1 Å². The van der Waals surface area contributed by atoms with Gasteiger partial charge in [-0.2, -0.15) is 5.21 Å². The van der Waals surface area contributed by atoms with Crippen molar-refractivity contribution in [1.82, 2.24) is 25.5 Å². The molecule has 1 N–H and O–H groups in total. The zero-order valence-corrected chi connectivity index (χ0v) is 13.5. The van der Waals surface area contributed by atoms with Crippen molar-refractivity contribution in [2.75, 3.05) is 19.8 Å². The Bertz CT molecular complexity index is 625. The number of nitrogens with one attached hydrogen (secondary N) is 1. The monoisotopic (exact) mass is 321 g/mol. The number of rotatable bonds is 4. The molecule has 1 saturated heterocycles. The summed E-state index contributed by atoms with van der Waals surface area (Å²) in [5.74, 6) is 1.09. The number of nitrogens with zero attached hydrogens (tertiary/aromatic N) is 4. The number of aromatic nitrogens is 4. The summed E-state index contributed by atoms with van der Waals surface area (Å²) < 4.78 is 5.47. The molecule has 2 aromatic rings. The van der Waals surface area contributed by atoms with Crippen LogP contribution >= 0.6 is 11.3 Å². The number of H-pyrrole nitrogens is 1. The van der Waals surface area contributed by atoms with Crippen LogP contribution in [0.5, 0.6) is 0 Å². The minimum atomic E-state index is -0.282. The molecule has 1 aliphatic heterocycles. The predicted octanol–water partition coefficient (Wildman–Crippen LogP) is 1.67. The number of amides is 1. The molecule has 3 heterocycles. The topological polar surface area (TPSA) is 84.0 Å². The lowest BCUT2D eigenvalue weighted by Crippen LogP contribution is -2.43. The Labute approximate surface area is 132 Å². The number of aromatic amines is 1. The standard InChI is InChI=1S/C14H19N5O2S/c1-9(2)7-10-3-4-12(22-10)14(20)19-5-6-21-8-11(19)13-15-17-18-16-13/h3-4,9,11H,5-8H2,1-2H3,(H,15,16,17,18). The van der Waals surface area contributed by atoms with Crippen LogP contribution in [-0.2, 0) is 11.2 Å². The SMILES string of the molecule is CC(C)Cc1ccc(C(=O)N2CCOCC2c2nn[nH]n2)s1. The quantitative estimate of drug-likeness (QED) is 0.926. The first-order valence-corrected chi connectivity index (χ1v) is 8.17. The molecular formula is C14H19N5O2S. The highest BCUT2D eigenvalue weighted by Crippen LogP contribution is 2.26. The summed E-state index contributed by atoms with van der Waals surface area (Å²) in [5.41, 5.74) is 0. The van der Waals surface area contributed by atoms with E-state index in [0.29, 0.717) is 31.5 Å². The van der Waals surface area contributed by atoms with Crippen LogP contribution in [0.25, 0.3) is 0 Å². The van der Waals surface area contributed by atoms with Crippen molar-refractivity contribution < 1.29 is 9.53 Å². The highest BCUT2D eigenvalue weighted by atomic mass is 32.1. The average molecular weight is 321 g/mol. The van der Waals surface area contributed by atoms with Crippen LogP contribution in [0.3, 0.4) is 0 Å². The van der Waals surface area contributed by atoms with Crippen LogP contribution in [0.15, 0.2) is 12.1 Å². The van der Waals surface area contributed by atoms with Crippen LogP contribution < -0.4 is 0 Å². The first-order chi connectivity index (χ1) is 10.6. The van der Waals surface area contributed by atoms with E-state index in [4.69, 9.17) is 4.74 Å². The van der Waals surface area contributed by atoms with Crippen molar-refractivity contribution >= 4 is 17.2 Å². The van der Waals surface area contributed by atoms with E-state index in [9.17, 15) is 4.79 Å². The number of tetrazole rings is 1. The largest absolute Gasteiger partial charge is 0.377 e. The number of hydrogen-bond acceptors (Lipinski definition) is 6. The molecule has 8 heteroatoms. The predicted molar refractivity (Wildman–Crippen MR) is 81.6 cm³/mol. The fraction of sp³-hybridized carbons (Fsp3) is 0.571. The van der Waals surface area contributed by atoms with E-state index in [1.54, 1.807) is 16.2 Å². The van der Waals surface area contributed by atoms with E-state index < -0.39 is 0 Å². The maximum absolute atomic E-state index is 12.8. The molecular weight excluding hydrogens is 302 g/mol. The average Bonchev–Trinajstić information content (AvgIpc) is 3.17. The number of carbonyl (C=O) groups is 1. The van der Waals surface area contributed by atoms with Crippen molar-refractivity contribution in [2.24, 2.45) is 5.92 Å². The van der Waals surface area contributed by atoms with Crippen LogP contribution in [0.1, 0.15) is 40.3 Å². The first kappa shape index (κ1) is 15.1. The Morgan fingerprint density at radius 2 is 2.41 bits per heavy atom. The Kier molecular flexibility index (Phi) is 4.49. The summed E-state index contributed by atoms with van der Waals surface area (Å²) in [7, 11) is 0. The molecule has 1 amide bonds. The third-order valence-electron chi connectivity index (χ3n) is 3.53. The van der Waals surface area contributed by atoms with Crippen molar-refractivity contribution in [2.45, 2.75) is 26.3 Å². The fourth-order valence-corrected chi connectivity index (χ4v) is 3.69. The van der Waals surface area contributed by atoms with Crippen molar-refractivity contribution in [3.05, 3.63) is 27.7 Å².